The van der Waals surface area contributed by atoms with E-state index in [0.717, 1.165) is 40.9 Å². The Balaban J connectivity index is 1.43. The molecule has 1 aliphatic carbocycles. The maximum absolute atomic E-state index is 13.0. The molecule has 136 valence electrons. The van der Waals surface area contributed by atoms with Gasteiger partial charge in [0.15, 0.2) is 11.5 Å². The molecule has 1 aliphatic heterocycles. The summed E-state index contributed by atoms with van der Waals surface area (Å²) in [6.45, 7) is 3.12. The number of amides is 1. The van der Waals surface area contributed by atoms with Crippen LogP contribution in [-0.4, -0.2) is 19.1 Å². The SMILES string of the molecule is CC(NC(=O)c1ccc2c3c(cccc13)CC2)c1ccc2c(c1)OCCO2. The van der Waals surface area contributed by atoms with Gasteiger partial charge in [-0.05, 0) is 65.4 Å². The lowest BCUT2D eigenvalue weighted by Crippen LogP contribution is -2.27. The molecule has 1 unspecified atom stereocenters. The minimum absolute atomic E-state index is 0.0482. The minimum atomic E-state index is -0.128. The Morgan fingerprint density at radius 3 is 2.59 bits per heavy atom. The fraction of sp³-hybridized carbons (Fsp3) is 0.261. The van der Waals surface area contributed by atoms with Crippen LogP contribution in [0.2, 0.25) is 0 Å². The number of hydrogen-bond acceptors (Lipinski definition) is 3. The molecule has 1 N–H and O–H groups in total. The summed E-state index contributed by atoms with van der Waals surface area (Å²) in [6, 6.07) is 16.0. The predicted molar refractivity (Wildman–Crippen MR) is 105 cm³/mol. The zero-order valence-corrected chi connectivity index (χ0v) is 15.2. The minimum Gasteiger partial charge on any atom is -0.486 e. The van der Waals surface area contributed by atoms with Gasteiger partial charge in [-0.25, -0.2) is 0 Å². The zero-order valence-electron chi connectivity index (χ0n) is 15.2. The lowest BCUT2D eigenvalue weighted by molar-refractivity contribution is 0.0941. The van der Waals surface area contributed by atoms with E-state index in [0.29, 0.717) is 13.2 Å². The molecular weight excluding hydrogens is 338 g/mol. The van der Waals surface area contributed by atoms with Crippen molar-refractivity contribution in [2.45, 2.75) is 25.8 Å². The number of ether oxygens (including phenoxy) is 2. The summed E-state index contributed by atoms with van der Waals surface area (Å²) >= 11 is 0. The molecule has 3 aromatic rings. The molecule has 27 heavy (non-hydrogen) atoms. The first-order chi connectivity index (χ1) is 13.2. The van der Waals surface area contributed by atoms with E-state index in [4.69, 9.17) is 9.47 Å². The summed E-state index contributed by atoms with van der Waals surface area (Å²) in [6.07, 6.45) is 2.12. The molecule has 5 rings (SSSR count). The highest BCUT2D eigenvalue weighted by Gasteiger charge is 2.21. The molecule has 0 spiro atoms. The zero-order chi connectivity index (χ0) is 18.4. The van der Waals surface area contributed by atoms with Gasteiger partial charge in [0.2, 0.25) is 0 Å². The van der Waals surface area contributed by atoms with Crippen LogP contribution in [0.5, 0.6) is 11.5 Å². The van der Waals surface area contributed by atoms with Crippen molar-refractivity contribution in [3.8, 4) is 11.5 Å². The van der Waals surface area contributed by atoms with Gasteiger partial charge < -0.3 is 14.8 Å². The summed E-state index contributed by atoms with van der Waals surface area (Å²) in [4.78, 5) is 13.0. The van der Waals surface area contributed by atoms with Gasteiger partial charge in [-0.1, -0.05) is 30.3 Å². The van der Waals surface area contributed by atoms with Gasteiger partial charge in [-0.2, -0.15) is 0 Å². The van der Waals surface area contributed by atoms with Crippen LogP contribution in [0.15, 0.2) is 48.5 Å². The second kappa shape index (κ2) is 6.31. The third kappa shape index (κ3) is 2.72. The van der Waals surface area contributed by atoms with Gasteiger partial charge in [0, 0.05) is 5.56 Å². The van der Waals surface area contributed by atoms with E-state index in [2.05, 4.69) is 23.5 Å². The van der Waals surface area contributed by atoms with Crippen LogP contribution in [0.4, 0.5) is 0 Å². The molecule has 3 aromatic carbocycles. The fourth-order valence-electron chi connectivity index (χ4n) is 4.13. The third-order valence-corrected chi connectivity index (χ3v) is 5.54. The Morgan fingerprint density at radius 2 is 1.74 bits per heavy atom. The summed E-state index contributed by atoms with van der Waals surface area (Å²) in [5, 5.41) is 5.45. The van der Waals surface area contributed by atoms with Gasteiger partial charge in [0.05, 0.1) is 6.04 Å². The van der Waals surface area contributed by atoms with Crippen LogP contribution in [-0.2, 0) is 12.8 Å². The predicted octanol–water partition coefficient (Wildman–Crippen LogP) is 4.20. The standard InChI is InChI=1S/C23H21NO3/c1-14(17-8-10-20-21(13-17)27-12-11-26-20)24-23(25)19-9-7-16-6-5-15-3-2-4-18(19)22(15)16/h2-4,7-10,13-14H,5-6,11-12H2,1H3,(H,24,25). The number of fused-ring (bicyclic) bond motifs is 1. The quantitative estimate of drug-likeness (QED) is 0.762. The molecular formula is C23H21NO3. The number of aryl methyl sites for hydroxylation is 2. The molecule has 1 atom stereocenters. The van der Waals surface area contributed by atoms with Crippen LogP contribution in [0.3, 0.4) is 0 Å². The van der Waals surface area contributed by atoms with Gasteiger partial charge in [0.1, 0.15) is 13.2 Å². The third-order valence-electron chi connectivity index (χ3n) is 5.54. The van der Waals surface area contributed by atoms with E-state index in [-0.39, 0.29) is 11.9 Å². The average Bonchev–Trinajstić information content (AvgIpc) is 3.13. The van der Waals surface area contributed by atoms with Crippen molar-refractivity contribution < 1.29 is 14.3 Å². The van der Waals surface area contributed by atoms with Crippen molar-refractivity contribution in [1.29, 1.82) is 0 Å². The highest BCUT2D eigenvalue weighted by atomic mass is 16.6. The van der Waals surface area contributed by atoms with E-state index in [1.54, 1.807) is 0 Å². The molecule has 1 amide bonds. The maximum atomic E-state index is 13.0. The van der Waals surface area contributed by atoms with E-state index < -0.39 is 0 Å². The molecule has 0 bridgehead atoms. The van der Waals surface area contributed by atoms with Crippen molar-refractivity contribution in [1.82, 2.24) is 5.32 Å². The van der Waals surface area contributed by atoms with Crippen LogP contribution in [0, 0.1) is 0 Å². The molecule has 4 heteroatoms. The van der Waals surface area contributed by atoms with E-state index in [9.17, 15) is 4.79 Å². The van der Waals surface area contributed by atoms with E-state index >= 15 is 0 Å². The molecule has 0 radical (unpaired) electrons. The summed E-state index contributed by atoms with van der Waals surface area (Å²) < 4.78 is 11.2. The fourth-order valence-corrected chi connectivity index (χ4v) is 4.13. The molecule has 4 nitrogen and oxygen atoms in total. The molecule has 0 fully saturated rings. The van der Waals surface area contributed by atoms with Gasteiger partial charge >= 0.3 is 0 Å². The number of nitrogens with one attached hydrogen (secondary N) is 1. The smallest absolute Gasteiger partial charge is 0.252 e. The number of carbonyl (C=O) groups is 1. The lowest BCUT2D eigenvalue weighted by atomic mass is 9.99. The Labute approximate surface area is 158 Å². The summed E-state index contributed by atoms with van der Waals surface area (Å²) in [5.41, 5.74) is 4.43. The number of rotatable bonds is 3. The number of carbonyl (C=O) groups excluding carboxylic acids is 1. The highest BCUT2D eigenvalue weighted by molar-refractivity contribution is 6.09. The Hall–Kier alpha value is -3.01. The Bertz CT molecular complexity index is 1050. The van der Waals surface area contributed by atoms with Crippen LogP contribution in [0.1, 0.15) is 40.0 Å². The largest absolute Gasteiger partial charge is 0.486 e. The number of benzene rings is 3. The highest BCUT2D eigenvalue weighted by Crippen LogP contribution is 2.34. The average molecular weight is 359 g/mol. The molecule has 1 heterocycles. The van der Waals surface area contributed by atoms with Gasteiger partial charge in [-0.15, -0.1) is 0 Å². The lowest BCUT2D eigenvalue weighted by Gasteiger charge is -2.21. The van der Waals surface area contributed by atoms with E-state index in [1.807, 2.05) is 37.3 Å². The normalized spacial score (nSPS) is 15.6. The van der Waals surface area contributed by atoms with E-state index in [1.165, 1.54) is 16.5 Å². The Morgan fingerprint density at radius 1 is 0.963 bits per heavy atom. The van der Waals surface area contributed by atoms with Gasteiger partial charge in [-0.3, -0.25) is 4.79 Å². The second-order valence-corrected chi connectivity index (χ2v) is 7.21. The summed E-state index contributed by atoms with van der Waals surface area (Å²) in [7, 11) is 0. The second-order valence-electron chi connectivity index (χ2n) is 7.21. The van der Waals surface area contributed by atoms with Gasteiger partial charge in [0.25, 0.3) is 5.91 Å². The Kier molecular flexibility index (Phi) is 3.78. The van der Waals surface area contributed by atoms with Crippen molar-refractivity contribution >= 4 is 16.7 Å². The molecule has 0 saturated carbocycles. The first kappa shape index (κ1) is 16.2. The van der Waals surface area contributed by atoms with Crippen molar-refractivity contribution in [2.75, 3.05) is 13.2 Å². The maximum Gasteiger partial charge on any atom is 0.252 e. The first-order valence-corrected chi connectivity index (χ1v) is 9.44. The first-order valence-electron chi connectivity index (χ1n) is 9.44. The molecule has 0 saturated heterocycles. The monoisotopic (exact) mass is 359 g/mol. The molecule has 2 aliphatic rings. The number of hydrogen-bond donors (Lipinski definition) is 1. The van der Waals surface area contributed by atoms with Crippen LogP contribution >= 0.6 is 0 Å². The van der Waals surface area contributed by atoms with Crippen molar-refractivity contribution in [2.24, 2.45) is 0 Å². The van der Waals surface area contributed by atoms with Crippen molar-refractivity contribution in [3.63, 3.8) is 0 Å². The van der Waals surface area contributed by atoms with Crippen molar-refractivity contribution in [3.05, 3.63) is 70.8 Å². The summed E-state index contributed by atoms with van der Waals surface area (Å²) in [5.74, 6) is 1.45. The van der Waals surface area contributed by atoms with Crippen LogP contribution < -0.4 is 14.8 Å². The topological polar surface area (TPSA) is 47.6 Å². The van der Waals surface area contributed by atoms with Crippen LogP contribution in [0.25, 0.3) is 10.8 Å². The molecule has 0 aromatic heterocycles.